The summed E-state index contributed by atoms with van der Waals surface area (Å²) in [6.45, 7) is 0.542. The van der Waals surface area contributed by atoms with Crippen LogP contribution in [0.1, 0.15) is 48.9 Å². The van der Waals surface area contributed by atoms with Crippen LogP contribution in [0.2, 0.25) is 0 Å². The van der Waals surface area contributed by atoms with Gasteiger partial charge < -0.3 is 25.0 Å². The molecule has 9 nitrogen and oxygen atoms in total. The Morgan fingerprint density at radius 3 is 2.60 bits per heavy atom. The van der Waals surface area contributed by atoms with Gasteiger partial charge in [-0.1, -0.05) is 12.8 Å². The summed E-state index contributed by atoms with van der Waals surface area (Å²) in [6.07, 6.45) is 2.18. The first-order valence-corrected chi connectivity index (χ1v) is 11.4. The van der Waals surface area contributed by atoms with E-state index in [0.29, 0.717) is 18.1 Å². The Morgan fingerprint density at radius 1 is 1.26 bits per heavy atom. The standard InChI is InChI=1S/C23H24F3N5O4/c1-30-16-11-27-21(28-15-7-6-13(19(32)33)10-17(15)35-23(24,25)26)29-18(16)31(14-4-2-3-5-14)12-22(8-9-22)20(30)34/h6-7,10-11,14H,2-5,8-9,12H2,1H3,(H,32,33)(H,27,28,29). The van der Waals surface area contributed by atoms with Crippen molar-refractivity contribution in [3.05, 3.63) is 30.0 Å². The molecule has 1 aromatic carbocycles. The number of nitrogens with one attached hydrogen (secondary N) is 1. The highest BCUT2D eigenvalue weighted by atomic mass is 19.4. The SMILES string of the molecule is CN1C(=O)C2(CC2)CN(C2CCCC2)c2nc(Nc3ccc(C(=O)O)cc3OC(F)(F)F)ncc21. The predicted molar refractivity (Wildman–Crippen MR) is 120 cm³/mol. The summed E-state index contributed by atoms with van der Waals surface area (Å²) in [4.78, 5) is 37.0. The van der Waals surface area contributed by atoms with Crippen molar-refractivity contribution in [1.29, 1.82) is 0 Å². The minimum absolute atomic E-state index is 0.00874. The molecule has 35 heavy (non-hydrogen) atoms. The van der Waals surface area contributed by atoms with Crippen molar-refractivity contribution in [3.8, 4) is 5.75 Å². The van der Waals surface area contributed by atoms with E-state index < -0.39 is 23.5 Å². The molecule has 0 radical (unpaired) electrons. The smallest absolute Gasteiger partial charge is 0.478 e. The molecule has 0 atom stereocenters. The summed E-state index contributed by atoms with van der Waals surface area (Å²) < 4.78 is 43.0. The molecule has 5 rings (SSSR count). The van der Waals surface area contributed by atoms with Gasteiger partial charge in [-0.3, -0.25) is 4.79 Å². The third-order valence-electron chi connectivity index (χ3n) is 6.93. The first-order chi connectivity index (χ1) is 16.6. The van der Waals surface area contributed by atoms with Gasteiger partial charge in [-0.2, -0.15) is 4.98 Å². The Bertz CT molecular complexity index is 1180. The summed E-state index contributed by atoms with van der Waals surface area (Å²) >= 11 is 0. The van der Waals surface area contributed by atoms with Crippen LogP contribution in [0, 0.1) is 5.41 Å². The molecule has 0 unspecified atom stereocenters. The molecule has 2 aromatic rings. The summed E-state index contributed by atoms with van der Waals surface area (Å²) in [5, 5.41) is 11.9. The van der Waals surface area contributed by atoms with Crippen molar-refractivity contribution >= 4 is 35.0 Å². The number of carbonyl (C=O) groups is 2. The molecule has 3 aliphatic rings. The summed E-state index contributed by atoms with van der Waals surface area (Å²) in [5.41, 5.74) is -0.396. The first-order valence-electron chi connectivity index (χ1n) is 11.4. The highest BCUT2D eigenvalue weighted by Gasteiger charge is 2.55. The van der Waals surface area contributed by atoms with Crippen LogP contribution in [0.15, 0.2) is 24.4 Å². The Hall–Kier alpha value is -3.57. The molecule has 186 valence electrons. The Labute approximate surface area is 198 Å². The Balaban J connectivity index is 1.53. The number of aromatic carboxylic acids is 1. The fourth-order valence-electron chi connectivity index (χ4n) is 4.94. The maximum atomic E-state index is 13.1. The van der Waals surface area contributed by atoms with Crippen LogP contribution in [0.3, 0.4) is 0 Å². The molecule has 12 heteroatoms. The van der Waals surface area contributed by atoms with E-state index >= 15 is 0 Å². The second-order valence-electron chi connectivity index (χ2n) is 9.30. The van der Waals surface area contributed by atoms with Crippen LogP contribution in [0.25, 0.3) is 0 Å². The van der Waals surface area contributed by atoms with Crippen LogP contribution < -0.4 is 19.9 Å². The van der Waals surface area contributed by atoms with Gasteiger partial charge >= 0.3 is 12.3 Å². The van der Waals surface area contributed by atoms with E-state index in [-0.39, 0.29) is 29.1 Å². The quantitative estimate of drug-likeness (QED) is 0.637. The maximum absolute atomic E-state index is 13.1. The number of hydrogen-bond acceptors (Lipinski definition) is 7. The number of aromatic nitrogens is 2. The van der Waals surface area contributed by atoms with E-state index in [1.54, 1.807) is 11.9 Å². The number of hydrogen-bond donors (Lipinski definition) is 2. The number of carboxylic acid groups (broad SMARTS) is 1. The highest BCUT2D eigenvalue weighted by molar-refractivity contribution is 6.02. The van der Waals surface area contributed by atoms with Gasteiger partial charge in [0.05, 0.1) is 22.9 Å². The zero-order valence-electron chi connectivity index (χ0n) is 18.9. The van der Waals surface area contributed by atoms with Crippen LogP contribution in [0.4, 0.5) is 36.3 Å². The zero-order chi connectivity index (χ0) is 25.0. The number of amides is 1. The Morgan fingerprint density at radius 2 is 1.97 bits per heavy atom. The second kappa shape index (κ2) is 8.28. The topological polar surface area (TPSA) is 108 Å². The lowest BCUT2D eigenvalue weighted by Crippen LogP contribution is -2.41. The van der Waals surface area contributed by atoms with E-state index in [1.165, 1.54) is 12.3 Å². The molecular weight excluding hydrogens is 467 g/mol. The number of rotatable bonds is 5. The van der Waals surface area contributed by atoms with E-state index in [1.807, 2.05) is 0 Å². The second-order valence-corrected chi connectivity index (χ2v) is 9.30. The number of anilines is 4. The van der Waals surface area contributed by atoms with Gasteiger partial charge in [0.2, 0.25) is 11.9 Å². The van der Waals surface area contributed by atoms with Gasteiger partial charge in [-0.15, -0.1) is 13.2 Å². The molecule has 0 bridgehead atoms. The molecule has 1 aliphatic heterocycles. The molecule has 1 spiro atoms. The fraction of sp³-hybridized carbons (Fsp3) is 0.478. The van der Waals surface area contributed by atoms with Crippen molar-refractivity contribution in [2.45, 2.75) is 50.9 Å². The molecule has 2 N–H and O–H groups in total. The number of alkyl halides is 3. The van der Waals surface area contributed by atoms with E-state index in [9.17, 15) is 22.8 Å². The van der Waals surface area contributed by atoms with Crippen molar-refractivity contribution in [2.24, 2.45) is 5.41 Å². The van der Waals surface area contributed by atoms with Gasteiger partial charge in [0.1, 0.15) is 5.69 Å². The number of benzene rings is 1. The monoisotopic (exact) mass is 491 g/mol. The average Bonchev–Trinajstić information content (AvgIpc) is 3.40. The Kier molecular flexibility index (Phi) is 5.48. The lowest BCUT2D eigenvalue weighted by Gasteiger charge is -2.31. The number of halogens is 3. The van der Waals surface area contributed by atoms with Crippen molar-refractivity contribution in [1.82, 2.24) is 9.97 Å². The first kappa shape index (κ1) is 23.2. The zero-order valence-corrected chi connectivity index (χ0v) is 18.9. The lowest BCUT2D eigenvalue weighted by molar-refractivity contribution is -0.274. The third-order valence-corrected chi connectivity index (χ3v) is 6.93. The summed E-state index contributed by atoms with van der Waals surface area (Å²) in [5.74, 6) is -1.52. The van der Waals surface area contributed by atoms with E-state index in [2.05, 4.69) is 24.9 Å². The number of carboxylic acids is 1. The minimum atomic E-state index is -5.02. The van der Waals surface area contributed by atoms with Gasteiger partial charge in [0.25, 0.3) is 0 Å². The van der Waals surface area contributed by atoms with Gasteiger partial charge in [-0.05, 0) is 43.9 Å². The van der Waals surface area contributed by atoms with Crippen LogP contribution >= 0.6 is 0 Å². The van der Waals surface area contributed by atoms with Crippen LogP contribution in [-0.2, 0) is 4.79 Å². The number of fused-ring (bicyclic) bond motifs is 1. The normalized spacial score (nSPS) is 19.5. The lowest BCUT2D eigenvalue weighted by atomic mass is 10.0. The van der Waals surface area contributed by atoms with Crippen molar-refractivity contribution < 1.29 is 32.6 Å². The van der Waals surface area contributed by atoms with Crippen molar-refractivity contribution in [3.63, 3.8) is 0 Å². The van der Waals surface area contributed by atoms with Gasteiger partial charge in [0, 0.05) is 19.6 Å². The fourth-order valence-corrected chi connectivity index (χ4v) is 4.94. The number of carbonyl (C=O) groups excluding carboxylic acids is 1. The summed E-state index contributed by atoms with van der Waals surface area (Å²) in [6, 6.07) is 3.33. The molecule has 2 fully saturated rings. The van der Waals surface area contributed by atoms with Gasteiger partial charge in [-0.25, -0.2) is 9.78 Å². The molecular formula is C23H24F3N5O4. The maximum Gasteiger partial charge on any atom is 0.573 e. The van der Waals surface area contributed by atoms with Crippen LogP contribution in [-0.4, -0.2) is 52.9 Å². The minimum Gasteiger partial charge on any atom is -0.478 e. The van der Waals surface area contributed by atoms with E-state index in [4.69, 9.17) is 5.11 Å². The van der Waals surface area contributed by atoms with E-state index in [0.717, 1.165) is 50.7 Å². The van der Waals surface area contributed by atoms with Crippen molar-refractivity contribution in [2.75, 3.05) is 28.7 Å². The molecule has 2 saturated carbocycles. The number of ether oxygens (including phenoxy) is 1. The molecule has 2 aliphatic carbocycles. The molecule has 1 amide bonds. The molecule has 1 aromatic heterocycles. The third kappa shape index (κ3) is 4.44. The predicted octanol–water partition coefficient (Wildman–Crippen LogP) is 4.32. The largest absolute Gasteiger partial charge is 0.573 e. The van der Waals surface area contributed by atoms with Gasteiger partial charge in [0.15, 0.2) is 11.6 Å². The molecule has 2 heterocycles. The van der Waals surface area contributed by atoms with Crippen LogP contribution in [0.5, 0.6) is 5.75 Å². The number of nitrogens with zero attached hydrogens (tertiary/aromatic N) is 4. The average molecular weight is 491 g/mol. The molecule has 0 saturated heterocycles. The summed E-state index contributed by atoms with van der Waals surface area (Å²) in [7, 11) is 1.69. The highest BCUT2D eigenvalue weighted by Crippen LogP contribution is 2.52.